The van der Waals surface area contributed by atoms with Gasteiger partial charge in [0.05, 0.1) is 0 Å². The number of rotatable bonds is 3. The normalized spacial score (nSPS) is 9.65. The zero-order chi connectivity index (χ0) is 12.1. The molecule has 2 rings (SSSR count). The largest absolute Gasteiger partial charge is 0.381 e. The van der Waals surface area contributed by atoms with E-state index in [1.165, 1.54) is 5.56 Å². The smallest absolute Gasteiger partial charge is 0.142 e. The molecule has 4 heteroatoms. The fourth-order valence-corrected chi connectivity index (χ4v) is 1.48. The highest BCUT2D eigenvalue weighted by Gasteiger charge is 1.99. The van der Waals surface area contributed by atoms with Gasteiger partial charge in [0.2, 0.25) is 0 Å². The van der Waals surface area contributed by atoms with Gasteiger partial charge < -0.3 is 5.32 Å². The Labute approximate surface area is 100.0 Å². The van der Waals surface area contributed by atoms with E-state index < -0.39 is 0 Å². The molecule has 0 radical (unpaired) electrons. The van der Waals surface area contributed by atoms with E-state index in [9.17, 15) is 0 Å². The molecule has 0 aliphatic rings. The number of hydrogen-bond acceptors (Lipinski definition) is 4. The molecule has 0 amide bonds. The summed E-state index contributed by atoms with van der Waals surface area (Å²) in [5.41, 5.74) is 3.64. The van der Waals surface area contributed by atoms with Crippen LogP contribution in [-0.4, -0.2) is 9.97 Å². The van der Waals surface area contributed by atoms with Crippen LogP contribution in [0.25, 0.3) is 0 Å². The first-order chi connectivity index (χ1) is 8.29. The molecule has 0 unspecified atom stereocenters. The molecule has 1 N–H and O–H groups in total. The first-order valence-electron chi connectivity index (χ1n) is 5.29. The summed E-state index contributed by atoms with van der Waals surface area (Å²) in [7, 11) is 0. The van der Waals surface area contributed by atoms with Crippen molar-refractivity contribution in [2.24, 2.45) is 0 Å². The maximum atomic E-state index is 8.74. The van der Waals surface area contributed by atoms with Crippen molar-refractivity contribution in [3.05, 3.63) is 53.6 Å². The van der Waals surface area contributed by atoms with Gasteiger partial charge in [0, 0.05) is 30.8 Å². The number of nitrogens with zero attached hydrogens (tertiary/aromatic N) is 3. The van der Waals surface area contributed by atoms with Gasteiger partial charge >= 0.3 is 0 Å². The van der Waals surface area contributed by atoms with Crippen molar-refractivity contribution in [3.63, 3.8) is 0 Å². The second-order valence-corrected chi connectivity index (χ2v) is 3.70. The van der Waals surface area contributed by atoms with Gasteiger partial charge in [-0.1, -0.05) is 0 Å². The van der Waals surface area contributed by atoms with Crippen molar-refractivity contribution in [2.45, 2.75) is 13.5 Å². The predicted molar refractivity (Wildman–Crippen MR) is 65.3 cm³/mol. The average molecular weight is 224 g/mol. The van der Waals surface area contributed by atoms with E-state index in [0.29, 0.717) is 12.2 Å². The van der Waals surface area contributed by atoms with Crippen LogP contribution in [0.15, 0.2) is 36.8 Å². The number of hydrogen-bond donors (Lipinski definition) is 1. The van der Waals surface area contributed by atoms with Crippen molar-refractivity contribution >= 4 is 5.69 Å². The van der Waals surface area contributed by atoms with Crippen LogP contribution in [0.1, 0.15) is 16.8 Å². The lowest BCUT2D eigenvalue weighted by atomic mass is 10.1. The van der Waals surface area contributed by atoms with Gasteiger partial charge in [0.1, 0.15) is 11.8 Å². The van der Waals surface area contributed by atoms with E-state index in [4.69, 9.17) is 5.26 Å². The molecule has 0 atom stereocenters. The van der Waals surface area contributed by atoms with Gasteiger partial charge in [-0.2, -0.15) is 5.26 Å². The quantitative estimate of drug-likeness (QED) is 0.868. The van der Waals surface area contributed by atoms with Crippen LogP contribution in [0, 0.1) is 18.3 Å². The Balaban J connectivity index is 2.08. The van der Waals surface area contributed by atoms with Crippen molar-refractivity contribution in [2.75, 3.05) is 5.32 Å². The summed E-state index contributed by atoms with van der Waals surface area (Å²) >= 11 is 0. The Morgan fingerprint density at radius 2 is 2.24 bits per heavy atom. The molecule has 0 bridgehead atoms. The Kier molecular flexibility index (Phi) is 3.31. The number of pyridine rings is 2. The summed E-state index contributed by atoms with van der Waals surface area (Å²) in [4.78, 5) is 8.00. The van der Waals surface area contributed by atoms with Crippen LogP contribution in [0.3, 0.4) is 0 Å². The lowest BCUT2D eigenvalue weighted by molar-refractivity contribution is 1.08. The predicted octanol–water partition coefficient (Wildman–Crippen LogP) is 2.27. The minimum absolute atomic E-state index is 0.415. The number of nitriles is 1. The minimum atomic E-state index is 0.415. The molecule has 0 aliphatic carbocycles. The number of anilines is 1. The molecule has 0 saturated heterocycles. The third kappa shape index (κ3) is 2.79. The fraction of sp³-hybridized carbons (Fsp3) is 0.154. The molecule has 4 nitrogen and oxygen atoms in total. The van der Waals surface area contributed by atoms with Crippen molar-refractivity contribution < 1.29 is 0 Å². The molecule has 2 aromatic rings. The highest BCUT2D eigenvalue weighted by molar-refractivity contribution is 5.46. The molecule has 0 aliphatic heterocycles. The molecular weight excluding hydrogens is 212 g/mol. The lowest BCUT2D eigenvalue weighted by Gasteiger charge is -2.08. The Bertz CT molecular complexity index is 557. The van der Waals surface area contributed by atoms with Crippen molar-refractivity contribution in [1.29, 1.82) is 5.26 Å². The lowest BCUT2D eigenvalue weighted by Crippen LogP contribution is -2.02. The molecule has 84 valence electrons. The van der Waals surface area contributed by atoms with Gasteiger partial charge in [-0.15, -0.1) is 0 Å². The van der Waals surface area contributed by atoms with E-state index in [2.05, 4.69) is 15.3 Å². The summed E-state index contributed by atoms with van der Waals surface area (Å²) in [5, 5.41) is 12.0. The van der Waals surface area contributed by atoms with E-state index in [-0.39, 0.29) is 0 Å². The second-order valence-electron chi connectivity index (χ2n) is 3.70. The Hall–Kier alpha value is -2.41. The van der Waals surface area contributed by atoms with Gasteiger partial charge in [-0.3, -0.25) is 4.98 Å². The van der Waals surface area contributed by atoms with Gasteiger partial charge in [0.15, 0.2) is 0 Å². The highest BCUT2D eigenvalue weighted by atomic mass is 14.9. The zero-order valence-electron chi connectivity index (χ0n) is 9.51. The molecule has 0 aromatic carbocycles. The second kappa shape index (κ2) is 5.08. The summed E-state index contributed by atoms with van der Waals surface area (Å²) in [6, 6.07) is 7.56. The standard InChI is InChI=1S/C13H12N4/c1-10-2-4-15-8-11(10)9-17-12-3-5-16-13(6-12)7-14/h2-6,8H,9H2,1H3,(H,16,17). The maximum Gasteiger partial charge on any atom is 0.142 e. The third-order valence-electron chi connectivity index (χ3n) is 2.50. The summed E-state index contributed by atoms with van der Waals surface area (Å²) in [5.74, 6) is 0. The number of aryl methyl sites for hydroxylation is 1. The van der Waals surface area contributed by atoms with Gasteiger partial charge in [-0.05, 0) is 36.2 Å². The topological polar surface area (TPSA) is 61.6 Å². The molecular formula is C13H12N4. The van der Waals surface area contributed by atoms with E-state index in [1.807, 2.05) is 31.3 Å². The van der Waals surface area contributed by atoms with Gasteiger partial charge in [0.25, 0.3) is 0 Å². The molecule has 2 aromatic heterocycles. The monoisotopic (exact) mass is 224 g/mol. The van der Waals surface area contributed by atoms with E-state index in [1.54, 1.807) is 18.5 Å². The number of nitrogens with one attached hydrogen (secondary N) is 1. The SMILES string of the molecule is Cc1ccncc1CNc1ccnc(C#N)c1. The van der Waals surface area contributed by atoms with Crippen LogP contribution < -0.4 is 5.32 Å². The van der Waals surface area contributed by atoms with E-state index >= 15 is 0 Å². The Morgan fingerprint density at radius 1 is 1.35 bits per heavy atom. The highest BCUT2D eigenvalue weighted by Crippen LogP contribution is 2.11. The van der Waals surface area contributed by atoms with Crippen LogP contribution in [0.4, 0.5) is 5.69 Å². The summed E-state index contributed by atoms with van der Waals surface area (Å²) in [6.07, 6.45) is 5.24. The zero-order valence-corrected chi connectivity index (χ0v) is 9.51. The van der Waals surface area contributed by atoms with Crippen LogP contribution in [0.2, 0.25) is 0 Å². The maximum absolute atomic E-state index is 8.74. The minimum Gasteiger partial charge on any atom is -0.381 e. The molecule has 0 spiro atoms. The molecule has 0 saturated carbocycles. The molecule has 0 fully saturated rings. The van der Waals surface area contributed by atoms with Crippen LogP contribution >= 0.6 is 0 Å². The van der Waals surface area contributed by atoms with Crippen molar-refractivity contribution in [1.82, 2.24) is 9.97 Å². The number of aromatic nitrogens is 2. The van der Waals surface area contributed by atoms with E-state index in [0.717, 1.165) is 11.3 Å². The Morgan fingerprint density at radius 3 is 3.00 bits per heavy atom. The average Bonchev–Trinajstić information content (AvgIpc) is 2.38. The molecule has 17 heavy (non-hydrogen) atoms. The first-order valence-corrected chi connectivity index (χ1v) is 5.29. The molecule has 2 heterocycles. The summed E-state index contributed by atoms with van der Waals surface area (Å²) in [6.45, 7) is 2.74. The van der Waals surface area contributed by atoms with Crippen molar-refractivity contribution in [3.8, 4) is 6.07 Å². The fourth-order valence-electron chi connectivity index (χ4n) is 1.48. The van der Waals surface area contributed by atoms with Crippen LogP contribution in [0.5, 0.6) is 0 Å². The van der Waals surface area contributed by atoms with Gasteiger partial charge in [-0.25, -0.2) is 4.98 Å². The third-order valence-corrected chi connectivity index (χ3v) is 2.50. The van der Waals surface area contributed by atoms with Crippen LogP contribution in [-0.2, 0) is 6.54 Å². The summed E-state index contributed by atoms with van der Waals surface area (Å²) < 4.78 is 0. The first kappa shape index (κ1) is 11.1.